The van der Waals surface area contributed by atoms with Gasteiger partial charge < -0.3 is 19.4 Å². The number of anilines is 1. The van der Waals surface area contributed by atoms with E-state index in [2.05, 4.69) is 10.3 Å². The molecule has 0 aliphatic carbocycles. The lowest BCUT2D eigenvalue weighted by Gasteiger charge is -2.12. The second kappa shape index (κ2) is 7.04. The van der Waals surface area contributed by atoms with Crippen LogP contribution in [0.5, 0.6) is 11.5 Å². The third kappa shape index (κ3) is 3.32. The number of hydrogen-bond acceptors (Lipinski definition) is 4. The van der Waals surface area contributed by atoms with Crippen molar-refractivity contribution in [2.45, 2.75) is 13.0 Å². The van der Waals surface area contributed by atoms with Crippen molar-refractivity contribution < 1.29 is 14.3 Å². The second-order valence-corrected chi connectivity index (χ2v) is 5.29. The molecule has 0 unspecified atom stereocenters. The summed E-state index contributed by atoms with van der Waals surface area (Å²) in [7, 11) is 3.14. The van der Waals surface area contributed by atoms with E-state index in [-0.39, 0.29) is 5.91 Å². The van der Waals surface area contributed by atoms with Crippen LogP contribution in [-0.4, -0.2) is 29.7 Å². The minimum Gasteiger partial charge on any atom is -0.497 e. The van der Waals surface area contributed by atoms with Gasteiger partial charge in [-0.3, -0.25) is 4.79 Å². The van der Waals surface area contributed by atoms with E-state index in [1.807, 2.05) is 28.8 Å². The Morgan fingerprint density at radius 1 is 1.17 bits per heavy atom. The topological polar surface area (TPSA) is 65.4 Å². The summed E-state index contributed by atoms with van der Waals surface area (Å²) in [6, 6.07) is 13.1. The van der Waals surface area contributed by atoms with Crippen LogP contribution in [0.3, 0.4) is 0 Å². The molecule has 1 aromatic heterocycles. The van der Waals surface area contributed by atoms with E-state index in [0.717, 1.165) is 11.0 Å². The number of aryl methyl sites for hydroxylation is 1. The lowest BCUT2D eigenvalue weighted by molar-refractivity contribution is -0.116. The monoisotopic (exact) mass is 325 g/mol. The minimum absolute atomic E-state index is 0.0868. The van der Waals surface area contributed by atoms with Crippen LogP contribution in [0.15, 0.2) is 48.8 Å². The molecule has 1 heterocycles. The number of ether oxygens (including phenoxy) is 2. The van der Waals surface area contributed by atoms with Crippen molar-refractivity contribution in [1.29, 1.82) is 0 Å². The van der Waals surface area contributed by atoms with E-state index >= 15 is 0 Å². The Hall–Kier alpha value is -3.02. The zero-order valence-electron chi connectivity index (χ0n) is 13.7. The molecular formula is C18H19N3O3. The van der Waals surface area contributed by atoms with Gasteiger partial charge in [0, 0.05) is 19.0 Å². The molecule has 2 aromatic carbocycles. The number of rotatable bonds is 6. The van der Waals surface area contributed by atoms with Crippen molar-refractivity contribution in [1.82, 2.24) is 9.55 Å². The predicted octanol–water partition coefficient (Wildman–Crippen LogP) is 3.08. The van der Waals surface area contributed by atoms with Gasteiger partial charge in [-0.2, -0.15) is 0 Å². The molecule has 6 nitrogen and oxygen atoms in total. The average molecular weight is 325 g/mol. The SMILES string of the molecule is COc1ccc(NC(=O)CCn2cnc3ccccc32)c(OC)c1. The molecule has 0 aliphatic heterocycles. The molecule has 1 N–H and O–H groups in total. The summed E-state index contributed by atoms with van der Waals surface area (Å²) in [6.45, 7) is 0.560. The highest BCUT2D eigenvalue weighted by atomic mass is 16.5. The summed E-state index contributed by atoms with van der Waals surface area (Å²) in [6.07, 6.45) is 2.10. The molecule has 1 amide bonds. The summed E-state index contributed by atoms with van der Waals surface area (Å²) in [5, 5.41) is 2.87. The third-order valence-electron chi connectivity index (χ3n) is 3.79. The predicted molar refractivity (Wildman–Crippen MR) is 92.5 cm³/mol. The van der Waals surface area contributed by atoms with Gasteiger partial charge >= 0.3 is 0 Å². The lowest BCUT2D eigenvalue weighted by Crippen LogP contribution is -2.14. The van der Waals surface area contributed by atoms with Crippen molar-refractivity contribution in [2.24, 2.45) is 0 Å². The van der Waals surface area contributed by atoms with Gasteiger partial charge in [0.1, 0.15) is 11.5 Å². The molecule has 0 radical (unpaired) electrons. The van der Waals surface area contributed by atoms with Crippen molar-refractivity contribution in [3.63, 3.8) is 0 Å². The van der Waals surface area contributed by atoms with Gasteiger partial charge in [0.25, 0.3) is 0 Å². The quantitative estimate of drug-likeness (QED) is 0.756. The Bertz CT molecular complexity index is 858. The fourth-order valence-corrected chi connectivity index (χ4v) is 2.52. The highest BCUT2D eigenvalue weighted by Gasteiger charge is 2.10. The van der Waals surface area contributed by atoms with E-state index < -0.39 is 0 Å². The number of hydrogen-bond donors (Lipinski definition) is 1. The van der Waals surface area contributed by atoms with E-state index in [4.69, 9.17) is 9.47 Å². The summed E-state index contributed by atoms with van der Waals surface area (Å²) >= 11 is 0. The number of aromatic nitrogens is 2. The molecule has 0 saturated heterocycles. The average Bonchev–Trinajstić information content (AvgIpc) is 3.03. The molecule has 124 valence electrons. The van der Waals surface area contributed by atoms with E-state index in [9.17, 15) is 4.79 Å². The first-order chi connectivity index (χ1) is 11.7. The highest BCUT2D eigenvalue weighted by molar-refractivity contribution is 5.92. The van der Waals surface area contributed by atoms with Crippen LogP contribution in [0.1, 0.15) is 6.42 Å². The zero-order chi connectivity index (χ0) is 16.9. The number of fused-ring (bicyclic) bond motifs is 1. The number of imidazole rings is 1. The van der Waals surface area contributed by atoms with Crippen LogP contribution in [0.4, 0.5) is 5.69 Å². The molecule has 0 spiro atoms. The molecular weight excluding hydrogens is 306 g/mol. The van der Waals surface area contributed by atoms with Crippen molar-refractivity contribution in [3.05, 3.63) is 48.8 Å². The van der Waals surface area contributed by atoms with Gasteiger partial charge in [-0.25, -0.2) is 4.98 Å². The normalized spacial score (nSPS) is 10.6. The highest BCUT2D eigenvalue weighted by Crippen LogP contribution is 2.29. The summed E-state index contributed by atoms with van der Waals surface area (Å²) < 4.78 is 12.4. The molecule has 24 heavy (non-hydrogen) atoms. The number of nitrogens with one attached hydrogen (secondary N) is 1. The number of benzene rings is 2. The molecule has 6 heteroatoms. The number of carbonyl (C=O) groups excluding carboxylic acids is 1. The Morgan fingerprint density at radius 2 is 2.00 bits per heavy atom. The van der Waals surface area contributed by atoms with Crippen LogP contribution in [0.2, 0.25) is 0 Å². The van der Waals surface area contributed by atoms with Gasteiger partial charge in [-0.15, -0.1) is 0 Å². The van der Waals surface area contributed by atoms with E-state index in [1.165, 1.54) is 0 Å². The third-order valence-corrected chi connectivity index (χ3v) is 3.79. The summed E-state index contributed by atoms with van der Waals surface area (Å²) in [5.74, 6) is 1.15. The number of nitrogens with zero attached hydrogens (tertiary/aromatic N) is 2. The summed E-state index contributed by atoms with van der Waals surface area (Å²) in [4.78, 5) is 16.6. The van der Waals surface area contributed by atoms with Crippen LogP contribution in [0.25, 0.3) is 11.0 Å². The lowest BCUT2D eigenvalue weighted by atomic mass is 10.2. The Morgan fingerprint density at radius 3 is 2.79 bits per heavy atom. The van der Waals surface area contributed by atoms with Crippen LogP contribution < -0.4 is 14.8 Å². The maximum absolute atomic E-state index is 12.2. The van der Waals surface area contributed by atoms with Crippen molar-refractivity contribution >= 4 is 22.6 Å². The van der Waals surface area contributed by atoms with Crippen molar-refractivity contribution in [2.75, 3.05) is 19.5 Å². The number of para-hydroxylation sites is 2. The van der Waals surface area contributed by atoms with E-state index in [1.54, 1.807) is 38.7 Å². The maximum Gasteiger partial charge on any atom is 0.226 e. The van der Waals surface area contributed by atoms with Crippen LogP contribution in [-0.2, 0) is 11.3 Å². The van der Waals surface area contributed by atoms with Gasteiger partial charge in [0.2, 0.25) is 5.91 Å². The molecule has 0 fully saturated rings. The molecule has 3 rings (SSSR count). The molecule has 0 saturated carbocycles. The van der Waals surface area contributed by atoms with Gasteiger partial charge in [-0.05, 0) is 24.3 Å². The number of amides is 1. The first kappa shape index (κ1) is 15.9. The molecule has 3 aromatic rings. The first-order valence-corrected chi connectivity index (χ1v) is 7.63. The summed E-state index contributed by atoms with van der Waals surface area (Å²) in [5.41, 5.74) is 2.57. The van der Waals surface area contributed by atoms with Gasteiger partial charge in [0.15, 0.2) is 0 Å². The Balaban J connectivity index is 1.66. The maximum atomic E-state index is 12.2. The minimum atomic E-state index is -0.0868. The second-order valence-electron chi connectivity index (χ2n) is 5.29. The zero-order valence-corrected chi connectivity index (χ0v) is 13.7. The molecule has 0 atom stereocenters. The fraction of sp³-hybridized carbons (Fsp3) is 0.222. The number of carbonyl (C=O) groups is 1. The van der Waals surface area contributed by atoms with Gasteiger partial charge in [0.05, 0.1) is 37.3 Å². The molecule has 0 aliphatic rings. The Kier molecular flexibility index (Phi) is 4.65. The van der Waals surface area contributed by atoms with Crippen LogP contribution >= 0.6 is 0 Å². The largest absolute Gasteiger partial charge is 0.497 e. The van der Waals surface area contributed by atoms with Crippen molar-refractivity contribution in [3.8, 4) is 11.5 Å². The Labute approximate surface area is 140 Å². The number of methoxy groups -OCH3 is 2. The standard InChI is InChI=1S/C18H19N3O3/c1-23-13-7-8-15(17(11-13)24-2)20-18(22)9-10-21-12-19-14-5-3-4-6-16(14)21/h3-8,11-12H,9-10H2,1-2H3,(H,20,22). The molecule has 0 bridgehead atoms. The first-order valence-electron chi connectivity index (χ1n) is 7.63. The van der Waals surface area contributed by atoms with E-state index in [0.29, 0.717) is 30.2 Å². The van der Waals surface area contributed by atoms with Gasteiger partial charge in [-0.1, -0.05) is 12.1 Å². The smallest absolute Gasteiger partial charge is 0.226 e. The fourth-order valence-electron chi connectivity index (χ4n) is 2.52. The van der Waals surface area contributed by atoms with Crippen LogP contribution in [0, 0.1) is 0 Å².